The molecule has 3 aromatic rings. The highest BCUT2D eigenvalue weighted by molar-refractivity contribution is 5.70. The van der Waals surface area contributed by atoms with E-state index in [9.17, 15) is 8.78 Å². The Bertz CT molecular complexity index is 884. The smallest absolute Gasteiger partial charge is 0.134 e. The van der Waals surface area contributed by atoms with Crippen LogP contribution in [0.1, 0.15) is 5.56 Å². The standard InChI is InChI=1S/C18H15F2N3O/c1-11-7-13(4-6-15(11)20)23-18-9-16(21-10-22-18)14-5-3-12(19)8-17(14)24-2/h3-10H,1-2H3,(H,21,22,23). The van der Waals surface area contributed by atoms with Gasteiger partial charge in [-0.1, -0.05) is 0 Å². The summed E-state index contributed by atoms with van der Waals surface area (Å²) < 4.78 is 31.9. The van der Waals surface area contributed by atoms with Gasteiger partial charge in [-0.3, -0.25) is 0 Å². The summed E-state index contributed by atoms with van der Waals surface area (Å²) in [6.45, 7) is 1.69. The Balaban J connectivity index is 1.93. The summed E-state index contributed by atoms with van der Waals surface area (Å²) in [5.41, 5.74) is 2.49. The average molecular weight is 327 g/mol. The number of nitrogens with zero attached hydrogens (tertiary/aromatic N) is 2. The maximum absolute atomic E-state index is 13.3. The molecular weight excluding hydrogens is 312 g/mol. The molecule has 0 aliphatic heterocycles. The number of nitrogens with one attached hydrogen (secondary N) is 1. The maximum atomic E-state index is 13.3. The first-order chi connectivity index (χ1) is 11.6. The van der Waals surface area contributed by atoms with Crippen LogP contribution in [-0.2, 0) is 0 Å². The molecule has 1 N–H and O–H groups in total. The van der Waals surface area contributed by atoms with Crippen LogP contribution >= 0.6 is 0 Å². The van der Waals surface area contributed by atoms with Crippen molar-refractivity contribution < 1.29 is 13.5 Å². The second kappa shape index (κ2) is 6.62. The first-order valence-corrected chi connectivity index (χ1v) is 7.26. The Morgan fingerprint density at radius 3 is 2.58 bits per heavy atom. The van der Waals surface area contributed by atoms with Gasteiger partial charge in [0, 0.05) is 23.4 Å². The lowest BCUT2D eigenvalue weighted by molar-refractivity contribution is 0.413. The molecule has 0 aliphatic carbocycles. The molecule has 4 nitrogen and oxygen atoms in total. The van der Waals surface area contributed by atoms with Crippen molar-refractivity contribution >= 4 is 11.5 Å². The maximum Gasteiger partial charge on any atom is 0.134 e. The summed E-state index contributed by atoms with van der Waals surface area (Å²) in [5, 5.41) is 3.10. The predicted octanol–water partition coefficient (Wildman–Crippen LogP) is 4.48. The quantitative estimate of drug-likeness (QED) is 0.767. The molecule has 1 heterocycles. The van der Waals surface area contributed by atoms with Crippen molar-refractivity contribution in [2.45, 2.75) is 6.92 Å². The second-order valence-electron chi connectivity index (χ2n) is 5.22. The molecule has 0 fully saturated rings. The largest absolute Gasteiger partial charge is 0.496 e. The van der Waals surface area contributed by atoms with E-state index in [2.05, 4.69) is 15.3 Å². The zero-order chi connectivity index (χ0) is 17.1. The summed E-state index contributed by atoms with van der Waals surface area (Å²) in [7, 11) is 1.47. The van der Waals surface area contributed by atoms with E-state index in [0.717, 1.165) is 0 Å². The molecule has 0 unspecified atom stereocenters. The third-order valence-corrected chi connectivity index (χ3v) is 3.54. The fraction of sp³-hybridized carbons (Fsp3) is 0.111. The van der Waals surface area contributed by atoms with E-state index >= 15 is 0 Å². The summed E-state index contributed by atoms with van der Waals surface area (Å²) in [6, 6.07) is 10.7. The van der Waals surface area contributed by atoms with Gasteiger partial charge in [-0.15, -0.1) is 0 Å². The van der Waals surface area contributed by atoms with Gasteiger partial charge < -0.3 is 10.1 Å². The number of methoxy groups -OCH3 is 1. The lowest BCUT2D eigenvalue weighted by Crippen LogP contribution is -1.97. The van der Waals surface area contributed by atoms with E-state index in [1.54, 1.807) is 31.2 Å². The van der Waals surface area contributed by atoms with E-state index in [1.165, 1.54) is 31.6 Å². The molecule has 24 heavy (non-hydrogen) atoms. The summed E-state index contributed by atoms with van der Waals surface area (Å²) in [5.74, 6) is 0.277. The van der Waals surface area contributed by atoms with Crippen molar-refractivity contribution in [3.8, 4) is 17.0 Å². The molecule has 0 saturated heterocycles. The normalized spacial score (nSPS) is 10.5. The van der Waals surface area contributed by atoms with Crippen molar-refractivity contribution in [3.63, 3.8) is 0 Å². The zero-order valence-corrected chi connectivity index (χ0v) is 13.2. The molecule has 3 rings (SSSR count). The van der Waals surface area contributed by atoms with Crippen molar-refractivity contribution in [1.29, 1.82) is 0 Å². The molecule has 0 atom stereocenters. The van der Waals surface area contributed by atoms with E-state index < -0.39 is 0 Å². The zero-order valence-electron chi connectivity index (χ0n) is 13.2. The fourth-order valence-electron chi connectivity index (χ4n) is 2.32. The molecule has 2 aromatic carbocycles. The van der Waals surface area contributed by atoms with Crippen LogP contribution in [0.5, 0.6) is 5.75 Å². The molecule has 0 saturated carbocycles. The molecule has 122 valence electrons. The Morgan fingerprint density at radius 1 is 1.00 bits per heavy atom. The summed E-state index contributed by atoms with van der Waals surface area (Å²) in [4.78, 5) is 8.36. The van der Waals surface area contributed by atoms with E-state index in [-0.39, 0.29) is 11.6 Å². The highest BCUT2D eigenvalue weighted by atomic mass is 19.1. The fourth-order valence-corrected chi connectivity index (χ4v) is 2.32. The van der Waals surface area contributed by atoms with E-state index in [1.807, 2.05) is 0 Å². The Morgan fingerprint density at radius 2 is 1.83 bits per heavy atom. The lowest BCUT2D eigenvalue weighted by atomic mass is 10.1. The number of rotatable bonds is 4. The molecule has 0 amide bonds. The van der Waals surface area contributed by atoms with Crippen LogP contribution in [0.25, 0.3) is 11.3 Å². The van der Waals surface area contributed by atoms with Gasteiger partial charge in [-0.2, -0.15) is 0 Å². The number of ether oxygens (including phenoxy) is 1. The van der Waals surface area contributed by atoms with Gasteiger partial charge in [0.05, 0.1) is 12.8 Å². The molecule has 6 heteroatoms. The topological polar surface area (TPSA) is 47.0 Å². The van der Waals surface area contributed by atoms with Crippen molar-refractivity contribution in [2.24, 2.45) is 0 Å². The third kappa shape index (κ3) is 3.32. The van der Waals surface area contributed by atoms with Gasteiger partial charge >= 0.3 is 0 Å². The highest BCUT2D eigenvalue weighted by Gasteiger charge is 2.10. The number of aryl methyl sites for hydroxylation is 1. The highest BCUT2D eigenvalue weighted by Crippen LogP contribution is 2.30. The minimum Gasteiger partial charge on any atom is -0.496 e. The van der Waals surface area contributed by atoms with Gasteiger partial charge in [0.15, 0.2) is 0 Å². The van der Waals surface area contributed by atoms with Gasteiger partial charge in [-0.05, 0) is 42.8 Å². The molecule has 0 bridgehead atoms. The van der Waals surface area contributed by atoms with Crippen LogP contribution in [0.3, 0.4) is 0 Å². The molecule has 0 radical (unpaired) electrons. The monoisotopic (exact) mass is 327 g/mol. The third-order valence-electron chi connectivity index (χ3n) is 3.54. The van der Waals surface area contributed by atoms with Crippen molar-refractivity contribution in [2.75, 3.05) is 12.4 Å². The van der Waals surface area contributed by atoms with Crippen LogP contribution < -0.4 is 10.1 Å². The van der Waals surface area contributed by atoms with E-state index in [0.29, 0.717) is 34.1 Å². The van der Waals surface area contributed by atoms with E-state index in [4.69, 9.17) is 4.74 Å². The lowest BCUT2D eigenvalue weighted by Gasteiger charge is -2.10. The van der Waals surface area contributed by atoms with Crippen molar-refractivity contribution in [1.82, 2.24) is 9.97 Å². The molecule has 0 aliphatic rings. The minimum atomic E-state index is -0.384. The van der Waals surface area contributed by atoms with Crippen LogP contribution in [-0.4, -0.2) is 17.1 Å². The molecular formula is C18H15F2N3O. The Hall–Kier alpha value is -3.02. The molecule has 0 spiro atoms. The number of aromatic nitrogens is 2. The number of anilines is 2. The van der Waals surface area contributed by atoms with Crippen LogP contribution in [0.4, 0.5) is 20.3 Å². The first-order valence-electron chi connectivity index (χ1n) is 7.26. The van der Waals surface area contributed by atoms with Crippen LogP contribution in [0, 0.1) is 18.6 Å². The minimum absolute atomic E-state index is 0.264. The van der Waals surface area contributed by atoms with Gasteiger partial charge in [-0.25, -0.2) is 18.7 Å². The SMILES string of the molecule is COc1cc(F)ccc1-c1cc(Nc2ccc(F)c(C)c2)ncn1. The Labute approximate surface area is 138 Å². The van der Waals surface area contributed by atoms with Crippen LogP contribution in [0.15, 0.2) is 48.8 Å². The Kier molecular flexibility index (Phi) is 4.37. The molecule has 1 aromatic heterocycles. The van der Waals surface area contributed by atoms with Crippen molar-refractivity contribution in [3.05, 3.63) is 66.0 Å². The van der Waals surface area contributed by atoms with Crippen LogP contribution in [0.2, 0.25) is 0 Å². The first kappa shape index (κ1) is 15.9. The summed E-state index contributed by atoms with van der Waals surface area (Å²) >= 11 is 0. The number of benzene rings is 2. The summed E-state index contributed by atoms with van der Waals surface area (Å²) in [6.07, 6.45) is 1.40. The number of hydrogen-bond acceptors (Lipinski definition) is 4. The number of halogens is 2. The average Bonchev–Trinajstić information content (AvgIpc) is 2.58. The van der Waals surface area contributed by atoms with Gasteiger partial charge in [0.2, 0.25) is 0 Å². The van der Waals surface area contributed by atoms with Gasteiger partial charge in [0.25, 0.3) is 0 Å². The predicted molar refractivity (Wildman–Crippen MR) is 88.4 cm³/mol. The van der Waals surface area contributed by atoms with Gasteiger partial charge in [0.1, 0.15) is 29.5 Å². The second-order valence-corrected chi connectivity index (χ2v) is 5.22. The number of hydrogen-bond donors (Lipinski definition) is 1.